The first-order valence-electron chi connectivity index (χ1n) is 4.35. The molecule has 0 bridgehead atoms. The van der Waals surface area contributed by atoms with E-state index in [0.717, 1.165) is 9.37 Å². The van der Waals surface area contributed by atoms with Gasteiger partial charge in [0.25, 0.3) is 0 Å². The van der Waals surface area contributed by atoms with Gasteiger partial charge in [-0.1, -0.05) is 12.1 Å². The Morgan fingerprint density at radius 3 is 2.71 bits per heavy atom. The molecule has 1 aromatic rings. The van der Waals surface area contributed by atoms with Crippen LogP contribution in [0.2, 0.25) is 0 Å². The minimum absolute atomic E-state index is 0.282. The molecule has 0 spiro atoms. The highest BCUT2D eigenvalue weighted by Crippen LogP contribution is 2.29. The highest BCUT2D eigenvalue weighted by molar-refractivity contribution is 9.10. The van der Waals surface area contributed by atoms with Crippen LogP contribution in [0, 0.1) is 0 Å². The lowest BCUT2D eigenvalue weighted by Gasteiger charge is -2.20. The van der Waals surface area contributed by atoms with E-state index in [9.17, 15) is 5.11 Å². The maximum Gasteiger partial charge on any atom is 0.0834 e. The van der Waals surface area contributed by atoms with E-state index in [0.29, 0.717) is 5.75 Å². The largest absolute Gasteiger partial charge is 0.388 e. The van der Waals surface area contributed by atoms with Gasteiger partial charge in [0.05, 0.1) is 5.60 Å². The van der Waals surface area contributed by atoms with Gasteiger partial charge < -0.3 is 10.8 Å². The second-order valence-corrected chi connectivity index (χ2v) is 5.29. The average molecular weight is 276 g/mol. The smallest absolute Gasteiger partial charge is 0.0834 e. The first kappa shape index (κ1) is 12.0. The summed E-state index contributed by atoms with van der Waals surface area (Å²) in [5.74, 6) is 0.603. The third-order valence-electron chi connectivity index (χ3n) is 1.82. The van der Waals surface area contributed by atoms with Crippen molar-refractivity contribution in [3.63, 3.8) is 0 Å². The quantitative estimate of drug-likeness (QED) is 0.829. The van der Waals surface area contributed by atoms with Crippen molar-refractivity contribution in [1.29, 1.82) is 0 Å². The molecule has 0 radical (unpaired) electrons. The maximum absolute atomic E-state index is 9.71. The Labute approximate surface area is 97.0 Å². The van der Waals surface area contributed by atoms with E-state index < -0.39 is 5.60 Å². The Balaban J connectivity index is 2.58. The molecule has 0 aliphatic carbocycles. The van der Waals surface area contributed by atoms with Crippen LogP contribution >= 0.6 is 27.7 Å². The number of nitrogens with two attached hydrogens (primary N) is 1. The number of halogens is 1. The number of hydrogen-bond donors (Lipinski definition) is 2. The topological polar surface area (TPSA) is 46.2 Å². The van der Waals surface area contributed by atoms with Gasteiger partial charge >= 0.3 is 0 Å². The van der Waals surface area contributed by atoms with Gasteiger partial charge in [0.15, 0.2) is 0 Å². The number of benzene rings is 1. The number of hydrogen-bond acceptors (Lipinski definition) is 3. The maximum atomic E-state index is 9.71. The zero-order chi connectivity index (χ0) is 10.6. The van der Waals surface area contributed by atoms with E-state index in [1.165, 1.54) is 0 Å². The summed E-state index contributed by atoms with van der Waals surface area (Å²) < 4.78 is 1.05. The van der Waals surface area contributed by atoms with Crippen LogP contribution in [0.25, 0.3) is 0 Å². The number of thioether (sulfide) groups is 1. The molecule has 14 heavy (non-hydrogen) atoms. The highest BCUT2D eigenvalue weighted by Gasteiger charge is 2.18. The van der Waals surface area contributed by atoms with Crippen LogP contribution in [0.15, 0.2) is 33.6 Å². The standard InChI is InChI=1S/C10H14BrNOS/c1-10(13,6-12)7-14-9-5-3-2-4-8(9)11/h2-5,13H,6-7,12H2,1H3. The third-order valence-corrected chi connectivity index (χ3v) is 4.20. The molecule has 1 aromatic carbocycles. The van der Waals surface area contributed by atoms with Gasteiger partial charge in [0, 0.05) is 21.7 Å². The van der Waals surface area contributed by atoms with E-state index in [2.05, 4.69) is 15.9 Å². The normalized spacial score (nSPS) is 15.1. The van der Waals surface area contributed by atoms with Crippen LogP contribution in [-0.4, -0.2) is 23.0 Å². The summed E-state index contributed by atoms with van der Waals surface area (Å²) in [6.45, 7) is 2.03. The minimum Gasteiger partial charge on any atom is -0.388 e. The molecule has 3 N–H and O–H groups in total. The number of aliphatic hydroxyl groups is 1. The van der Waals surface area contributed by atoms with Crippen molar-refractivity contribution >= 4 is 27.7 Å². The van der Waals surface area contributed by atoms with E-state index >= 15 is 0 Å². The molecule has 1 atom stereocenters. The summed E-state index contributed by atoms with van der Waals surface area (Å²) in [6.07, 6.45) is 0. The number of rotatable bonds is 4. The third kappa shape index (κ3) is 3.61. The fourth-order valence-electron chi connectivity index (χ4n) is 0.854. The van der Waals surface area contributed by atoms with Crippen molar-refractivity contribution < 1.29 is 5.11 Å². The molecule has 0 aliphatic rings. The summed E-state index contributed by atoms with van der Waals surface area (Å²) in [4.78, 5) is 1.13. The lowest BCUT2D eigenvalue weighted by Crippen LogP contribution is -2.36. The fourth-order valence-corrected chi connectivity index (χ4v) is 2.45. The molecular formula is C10H14BrNOS. The molecule has 2 nitrogen and oxygen atoms in total. The second-order valence-electron chi connectivity index (χ2n) is 3.42. The van der Waals surface area contributed by atoms with E-state index in [1.54, 1.807) is 18.7 Å². The van der Waals surface area contributed by atoms with Crippen molar-refractivity contribution in [2.45, 2.75) is 17.4 Å². The molecule has 78 valence electrons. The molecule has 0 amide bonds. The Morgan fingerprint density at radius 2 is 2.14 bits per heavy atom. The van der Waals surface area contributed by atoms with Gasteiger partial charge in [-0.25, -0.2) is 0 Å². The molecule has 0 heterocycles. The van der Waals surface area contributed by atoms with E-state index in [-0.39, 0.29) is 6.54 Å². The Morgan fingerprint density at radius 1 is 1.50 bits per heavy atom. The highest BCUT2D eigenvalue weighted by atomic mass is 79.9. The molecule has 4 heteroatoms. The van der Waals surface area contributed by atoms with Crippen molar-refractivity contribution in [2.75, 3.05) is 12.3 Å². The van der Waals surface area contributed by atoms with Gasteiger partial charge in [-0.05, 0) is 35.0 Å². The minimum atomic E-state index is -0.792. The molecule has 0 saturated heterocycles. The Bertz CT molecular complexity index is 304. The van der Waals surface area contributed by atoms with Crippen LogP contribution < -0.4 is 5.73 Å². The van der Waals surface area contributed by atoms with Crippen molar-refractivity contribution in [3.05, 3.63) is 28.7 Å². The summed E-state index contributed by atoms with van der Waals surface area (Å²) in [5, 5.41) is 9.71. The monoisotopic (exact) mass is 275 g/mol. The second kappa shape index (κ2) is 5.16. The van der Waals surface area contributed by atoms with Crippen LogP contribution in [0.4, 0.5) is 0 Å². The summed E-state index contributed by atoms with van der Waals surface area (Å²) in [6, 6.07) is 7.94. The molecule has 1 rings (SSSR count). The fraction of sp³-hybridized carbons (Fsp3) is 0.400. The molecule has 0 fully saturated rings. The van der Waals surface area contributed by atoms with Crippen molar-refractivity contribution in [1.82, 2.24) is 0 Å². The molecular weight excluding hydrogens is 262 g/mol. The predicted molar refractivity (Wildman–Crippen MR) is 64.5 cm³/mol. The van der Waals surface area contributed by atoms with Crippen molar-refractivity contribution in [2.24, 2.45) is 5.73 Å². The van der Waals surface area contributed by atoms with Gasteiger partial charge in [0.2, 0.25) is 0 Å². The van der Waals surface area contributed by atoms with Gasteiger partial charge in [-0.2, -0.15) is 0 Å². The Hall–Kier alpha value is -0.0300. The van der Waals surface area contributed by atoms with Crippen molar-refractivity contribution in [3.8, 4) is 0 Å². The van der Waals surface area contributed by atoms with Crippen LogP contribution in [-0.2, 0) is 0 Å². The lowest BCUT2D eigenvalue weighted by molar-refractivity contribution is 0.0949. The molecule has 1 unspecified atom stereocenters. The SMILES string of the molecule is CC(O)(CN)CSc1ccccc1Br. The van der Waals surface area contributed by atoms with E-state index in [1.807, 2.05) is 24.3 Å². The summed E-state index contributed by atoms with van der Waals surface area (Å²) >= 11 is 5.05. The van der Waals surface area contributed by atoms with Crippen LogP contribution in [0.1, 0.15) is 6.92 Å². The molecule has 0 saturated carbocycles. The zero-order valence-corrected chi connectivity index (χ0v) is 10.4. The predicted octanol–water partition coefficient (Wildman–Crippen LogP) is 2.25. The van der Waals surface area contributed by atoms with E-state index in [4.69, 9.17) is 5.73 Å². The Kier molecular flexibility index (Phi) is 4.44. The zero-order valence-electron chi connectivity index (χ0n) is 8.03. The lowest BCUT2D eigenvalue weighted by atomic mass is 10.1. The van der Waals surface area contributed by atoms with Crippen LogP contribution in [0.5, 0.6) is 0 Å². The average Bonchev–Trinajstić information content (AvgIpc) is 2.17. The molecule has 0 aromatic heterocycles. The van der Waals surface area contributed by atoms with Gasteiger partial charge in [0.1, 0.15) is 0 Å². The first-order valence-corrected chi connectivity index (χ1v) is 6.13. The first-order chi connectivity index (χ1) is 6.55. The summed E-state index contributed by atoms with van der Waals surface area (Å²) in [7, 11) is 0. The molecule has 0 aliphatic heterocycles. The summed E-state index contributed by atoms with van der Waals surface area (Å²) in [5.41, 5.74) is 4.64. The van der Waals surface area contributed by atoms with Gasteiger partial charge in [-0.15, -0.1) is 11.8 Å². The van der Waals surface area contributed by atoms with Crippen LogP contribution in [0.3, 0.4) is 0 Å². The van der Waals surface area contributed by atoms with Gasteiger partial charge in [-0.3, -0.25) is 0 Å².